The lowest BCUT2D eigenvalue weighted by Gasteiger charge is -2.35. The topological polar surface area (TPSA) is 124 Å². The van der Waals surface area contributed by atoms with Crippen molar-refractivity contribution >= 4 is 21.1 Å². The first-order chi connectivity index (χ1) is 17.3. The molecule has 36 heavy (non-hydrogen) atoms. The minimum Gasteiger partial charge on any atom is -0.346 e. The molecule has 0 spiro atoms. The van der Waals surface area contributed by atoms with Crippen LogP contribution in [0, 0.1) is 23.0 Å². The van der Waals surface area contributed by atoms with E-state index in [0.717, 1.165) is 34.4 Å². The number of benzene rings is 1. The van der Waals surface area contributed by atoms with Crippen LogP contribution < -0.4 is 0 Å². The molecular weight excluding hydrogens is 490 g/mol. The molecule has 0 aliphatic carbocycles. The highest BCUT2D eigenvalue weighted by molar-refractivity contribution is 7.89. The highest BCUT2D eigenvalue weighted by Crippen LogP contribution is 2.26. The second-order valence-corrected chi connectivity index (χ2v) is 10.4. The zero-order valence-corrected chi connectivity index (χ0v) is 19.9. The van der Waals surface area contributed by atoms with Crippen molar-refractivity contribution in [3.63, 3.8) is 0 Å². The molecule has 4 heterocycles. The summed E-state index contributed by atoms with van der Waals surface area (Å²) in [6, 6.07) is 6.11. The van der Waals surface area contributed by atoms with Crippen LogP contribution in [0.1, 0.15) is 12.5 Å². The van der Waals surface area contributed by atoms with E-state index in [1.807, 2.05) is 12.3 Å². The number of nitrogens with one attached hydrogen (secondary N) is 1. The molecule has 1 aliphatic rings. The Labute approximate surface area is 205 Å². The Kier molecular flexibility index (Phi) is 6.48. The van der Waals surface area contributed by atoms with Crippen molar-refractivity contribution in [1.82, 2.24) is 33.9 Å². The molecule has 1 fully saturated rings. The number of nitrogens with zero attached hydrogens (tertiary/aromatic N) is 7. The first-order valence-electron chi connectivity index (χ1n) is 11.2. The molecule has 1 N–H and O–H groups in total. The predicted octanol–water partition coefficient (Wildman–Crippen LogP) is 2.56. The molecule has 0 saturated carbocycles. The summed E-state index contributed by atoms with van der Waals surface area (Å²) in [7, 11) is -4.02. The summed E-state index contributed by atoms with van der Waals surface area (Å²) in [5, 5.41) is 14.7. The fourth-order valence-corrected chi connectivity index (χ4v) is 5.85. The maximum Gasteiger partial charge on any atom is 0.243 e. The van der Waals surface area contributed by atoms with Crippen LogP contribution in [0.5, 0.6) is 0 Å². The van der Waals surface area contributed by atoms with Gasteiger partial charge < -0.3 is 4.98 Å². The monoisotopic (exact) mass is 512 g/mol. The number of nitriles is 1. The summed E-state index contributed by atoms with van der Waals surface area (Å²) in [5.41, 5.74) is 2.24. The molecule has 1 aliphatic heterocycles. The first-order valence-corrected chi connectivity index (χ1v) is 12.7. The van der Waals surface area contributed by atoms with E-state index in [1.54, 1.807) is 17.1 Å². The smallest absolute Gasteiger partial charge is 0.243 e. The van der Waals surface area contributed by atoms with Gasteiger partial charge in [-0.2, -0.15) is 14.7 Å². The standard InChI is InChI=1S/C23H22F2N8O2S/c24-17-9-18(25)11-20(10-17)36(34,35)32-7-5-31(6-8-32)14-19(1-3-26)33-13-16(12-30-33)22-21-2-4-27-23(21)29-15-28-22/h2,4,9-13,15,19H,1,5-8,14H2,(H,27,28,29). The average molecular weight is 513 g/mol. The van der Waals surface area contributed by atoms with Crippen molar-refractivity contribution in [2.24, 2.45) is 0 Å². The second kappa shape index (κ2) is 9.73. The molecule has 13 heteroatoms. The molecule has 1 atom stereocenters. The van der Waals surface area contributed by atoms with Gasteiger partial charge in [-0.1, -0.05) is 0 Å². The number of aromatic nitrogens is 5. The molecule has 0 amide bonds. The normalized spacial score (nSPS) is 16.2. The largest absolute Gasteiger partial charge is 0.346 e. The Morgan fingerprint density at radius 1 is 1.11 bits per heavy atom. The summed E-state index contributed by atoms with van der Waals surface area (Å²) in [6.07, 6.45) is 7.02. The molecule has 1 unspecified atom stereocenters. The minimum absolute atomic E-state index is 0.163. The Morgan fingerprint density at radius 3 is 2.58 bits per heavy atom. The maximum atomic E-state index is 13.6. The molecule has 186 valence electrons. The van der Waals surface area contributed by atoms with E-state index in [-0.39, 0.29) is 25.6 Å². The number of fused-ring (bicyclic) bond motifs is 1. The van der Waals surface area contributed by atoms with Gasteiger partial charge in [0.1, 0.15) is 23.6 Å². The van der Waals surface area contributed by atoms with Crippen LogP contribution in [0.15, 0.2) is 54.1 Å². The van der Waals surface area contributed by atoms with E-state index in [9.17, 15) is 22.5 Å². The third kappa shape index (κ3) is 4.70. The highest BCUT2D eigenvalue weighted by atomic mass is 32.2. The lowest BCUT2D eigenvalue weighted by Crippen LogP contribution is -2.49. The van der Waals surface area contributed by atoms with Gasteiger partial charge in [0.15, 0.2) is 0 Å². The Balaban J connectivity index is 1.28. The number of aromatic amines is 1. The Bertz CT molecular complexity index is 1520. The number of piperazine rings is 1. The van der Waals surface area contributed by atoms with Crippen LogP contribution in [-0.4, -0.2) is 75.1 Å². The lowest BCUT2D eigenvalue weighted by molar-refractivity contribution is 0.163. The summed E-state index contributed by atoms with van der Waals surface area (Å²) in [5.74, 6) is -1.88. The zero-order chi connectivity index (χ0) is 25.3. The van der Waals surface area contributed by atoms with Crippen LogP contribution in [-0.2, 0) is 10.0 Å². The summed E-state index contributed by atoms with van der Waals surface area (Å²) < 4.78 is 55.8. The van der Waals surface area contributed by atoms with Crippen molar-refractivity contribution in [3.05, 3.63) is 60.8 Å². The van der Waals surface area contributed by atoms with E-state index in [2.05, 4.69) is 31.0 Å². The van der Waals surface area contributed by atoms with Gasteiger partial charge in [-0.25, -0.2) is 27.2 Å². The number of sulfonamides is 1. The Hall–Kier alpha value is -3.73. The number of H-pyrrole nitrogens is 1. The van der Waals surface area contributed by atoms with E-state index >= 15 is 0 Å². The predicted molar refractivity (Wildman–Crippen MR) is 126 cm³/mol. The highest BCUT2D eigenvalue weighted by Gasteiger charge is 2.30. The number of halogens is 2. The van der Waals surface area contributed by atoms with Gasteiger partial charge in [0.05, 0.1) is 35.3 Å². The van der Waals surface area contributed by atoms with E-state index in [0.29, 0.717) is 25.7 Å². The van der Waals surface area contributed by atoms with Crippen LogP contribution in [0.4, 0.5) is 8.78 Å². The van der Waals surface area contributed by atoms with Crippen molar-refractivity contribution in [2.45, 2.75) is 17.4 Å². The third-order valence-corrected chi connectivity index (χ3v) is 8.08. The molecule has 4 aromatic rings. The molecular formula is C23H22F2N8O2S. The molecule has 10 nitrogen and oxygen atoms in total. The van der Waals surface area contributed by atoms with Crippen molar-refractivity contribution in [2.75, 3.05) is 32.7 Å². The zero-order valence-electron chi connectivity index (χ0n) is 19.0. The number of rotatable bonds is 7. The third-order valence-electron chi connectivity index (χ3n) is 6.20. The van der Waals surface area contributed by atoms with Gasteiger partial charge in [-0.3, -0.25) is 9.58 Å². The fraction of sp³-hybridized carbons (Fsp3) is 0.304. The number of hydrogen-bond donors (Lipinski definition) is 1. The van der Waals surface area contributed by atoms with Gasteiger partial charge >= 0.3 is 0 Å². The summed E-state index contributed by atoms with van der Waals surface area (Å²) >= 11 is 0. The van der Waals surface area contributed by atoms with Crippen molar-refractivity contribution in [1.29, 1.82) is 5.26 Å². The SMILES string of the molecule is N#CCC(CN1CCN(S(=O)(=O)c2cc(F)cc(F)c2)CC1)n1cc(-c2ncnc3[nH]ccc23)cn1. The molecule has 0 radical (unpaired) electrons. The van der Waals surface area contributed by atoms with Crippen molar-refractivity contribution in [3.8, 4) is 17.3 Å². The summed E-state index contributed by atoms with van der Waals surface area (Å²) in [4.78, 5) is 13.3. The van der Waals surface area contributed by atoms with E-state index < -0.39 is 26.6 Å². The van der Waals surface area contributed by atoms with Gasteiger partial charge in [0, 0.05) is 62.1 Å². The van der Waals surface area contributed by atoms with Gasteiger partial charge in [0.25, 0.3) is 0 Å². The molecule has 3 aromatic heterocycles. The van der Waals surface area contributed by atoms with Gasteiger partial charge in [-0.15, -0.1) is 0 Å². The minimum atomic E-state index is -4.02. The lowest BCUT2D eigenvalue weighted by atomic mass is 10.1. The summed E-state index contributed by atoms with van der Waals surface area (Å²) in [6.45, 7) is 1.62. The van der Waals surface area contributed by atoms with Crippen LogP contribution in [0.3, 0.4) is 0 Å². The van der Waals surface area contributed by atoms with Crippen LogP contribution >= 0.6 is 0 Å². The van der Waals surface area contributed by atoms with Gasteiger partial charge in [0.2, 0.25) is 10.0 Å². The van der Waals surface area contributed by atoms with Gasteiger partial charge in [-0.05, 0) is 18.2 Å². The Morgan fingerprint density at radius 2 is 1.86 bits per heavy atom. The fourth-order valence-electron chi connectivity index (χ4n) is 4.39. The number of hydrogen-bond acceptors (Lipinski definition) is 7. The molecule has 1 aromatic carbocycles. The first kappa shape index (κ1) is 24.0. The van der Waals surface area contributed by atoms with Crippen LogP contribution in [0.25, 0.3) is 22.3 Å². The second-order valence-electron chi connectivity index (χ2n) is 8.50. The quantitative estimate of drug-likeness (QED) is 0.404. The molecule has 0 bridgehead atoms. The van der Waals surface area contributed by atoms with Crippen molar-refractivity contribution < 1.29 is 17.2 Å². The van der Waals surface area contributed by atoms with Crippen LogP contribution in [0.2, 0.25) is 0 Å². The molecule has 5 rings (SSSR count). The van der Waals surface area contributed by atoms with E-state index in [4.69, 9.17) is 0 Å². The average Bonchev–Trinajstić information content (AvgIpc) is 3.53. The molecule has 1 saturated heterocycles. The van der Waals surface area contributed by atoms with E-state index in [1.165, 1.54) is 10.6 Å². The maximum absolute atomic E-state index is 13.6.